The van der Waals surface area contributed by atoms with Crippen LogP contribution in [0.4, 0.5) is 16.2 Å². The van der Waals surface area contributed by atoms with E-state index < -0.39 is 6.10 Å². The zero-order chi connectivity index (χ0) is 21.6. The summed E-state index contributed by atoms with van der Waals surface area (Å²) in [5, 5.41) is 5.62. The number of nitrogens with zero attached hydrogens (tertiary/aromatic N) is 1. The van der Waals surface area contributed by atoms with Gasteiger partial charge in [-0.05, 0) is 62.1 Å². The van der Waals surface area contributed by atoms with E-state index in [9.17, 15) is 9.59 Å². The largest absolute Gasteiger partial charge is 0.481 e. The molecule has 0 fully saturated rings. The topological polar surface area (TPSA) is 70.7 Å². The third kappa shape index (κ3) is 5.98. The molecule has 0 aliphatic carbocycles. The van der Waals surface area contributed by atoms with Gasteiger partial charge in [-0.3, -0.25) is 9.69 Å². The fourth-order valence-electron chi connectivity index (χ4n) is 2.89. The molecule has 29 heavy (non-hydrogen) atoms. The molecule has 6 heteroatoms. The molecule has 2 aromatic carbocycles. The predicted molar refractivity (Wildman–Crippen MR) is 118 cm³/mol. The Morgan fingerprint density at radius 3 is 2.48 bits per heavy atom. The Balaban J connectivity index is 2.10. The number of carbonyl (C=O) groups excluding carboxylic acids is 2. The van der Waals surface area contributed by atoms with Crippen LogP contribution in [0, 0.1) is 6.92 Å². The Kier molecular flexibility index (Phi) is 7.65. The van der Waals surface area contributed by atoms with Gasteiger partial charge >= 0.3 is 6.03 Å². The van der Waals surface area contributed by atoms with E-state index in [-0.39, 0.29) is 11.9 Å². The van der Waals surface area contributed by atoms with E-state index in [1.165, 1.54) is 4.90 Å². The van der Waals surface area contributed by atoms with E-state index >= 15 is 0 Å². The van der Waals surface area contributed by atoms with Crippen molar-refractivity contribution in [3.05, 3.63) is 53.6 Å². The number of carbonyl (C=O) groups is 2. The highest BCUT2D eigenvalue weighted by atomic mass is 16.5. The molecule has 0 aromatic heterocycles. The zero-order valence-electron chi connectivity index (χ0n) is 18.1. The van der Waals surface area contributed by atoms with Crippen LogP contribution in [-0.2, 0) is 4.79 Å². The molecule has 156 valence electrons. The smallest absolute Gasteiger partial charge is 0.321 e. The van der Waals surface area contributed by atoms with Crippen LogP contribution < -0.4 is 20.3 Å². The number of amides is 3. The first-order valence-corrected chi connectivity index (χ1v) is 9.92. The van der Waals surface area contributed by atoms with Crippen molar-refractivity contribution >= 4 is 23.3 Å². The standard InChI is InChI=1S/C23H31N3O3/c1-7-24-23(28)26(6)19-10-8-9-18(14-19)25-22(27)17(5)29-21-13-16(4)11-12-20(21)15(2)3/h8-15,17H,7H2,1-6H3,(H,24,28)(H,25,27)/t17-/m1/s1. The first-order chi connectivity index (χ1) is 13.7. The minimum Gasteiger partial charge on any atom is -0.481 e. The normalized spacial score (nSPS) is 11.7. The molecule has 2 rings (SSSR count). The van der Waals surface area contributed by atoms with Gasteiger partial charge < -0.3 is 15.4 Å². The van der Waals surface area contributed by atoms with Crippen LogP contribution in [0.5, 0.6) is 5.75 Å². The average molecular weight is 398 g/mol. The molecule has 0 aliphatic rings. The third-order valence-electron chi connectivity index (χ3n) is 4.60. The maximum atomic E-state index is 12.7. The van der Waals surface area contributed by atoms with E-state index in [1.807, 2.05) is 38.1 Å². The van der Waals surface area contributed by atoms with Crippen molar-refractivity contribution in [2.75, 3.05) is 23.8 Å². The van der Waals surface area contributed by atoms with Crippen molar-refractivity contribution < 1.29 is 14.3 Å². The second-order valence-electron chi connectivity index (χ2n) is 7.39. The first kappa shape index (κ1) is 22.3. The van der Waals surface area contributed by atoms with Crippen LogP contribution in [0.3, 0.4) is 0 Å². The number of hydrogen-bond acceptors (Lipinski definition) is 3. The lowest BCUT2D eigenvalue weighted by Crippen LogP contribution is -2.37. The van der Waals surface area contributed by atoms with Crippen molar-refractivity contribution in [3.8, 4) is 5.75 Å². The molecular formula is C23H31N3O3. The molecular weight excluding hydrogens is 366 g/mol. The summed E-state index contributed by atoms with van der Waals surface area (Å²) in [5.74, 6) is 0.772. The molecule has 0 saturated carbocycles. The number of nitrogens with one attached hydrogen (secondary N) is 2. The molecule has 3 amide bonds. The van der Waals surface area contributed by atoms with Crippen LogP contribution in [0.2, 0.25) is 0 Å². The van der Waals surface area contributed by atoms with E-state index in [0.29, 0.717) is 23.8 Å². The third-order valence-corrected chi connectivity index (χ3v) is 4.60. The maximum absolute atomic E-state index is 12.7. The molecule has 0 saturated heterocycles. The summed E-state index contributed by atoms with van der Waals surface area (Å²) in [6, 6.07) is 13.0. The summed E-state index contributed by atoms with van der Waals surface area (Å²) in [7, 11) is 1.68. The van der Waals surface area contributed by atoms with E-state index in [4.69, 9.17) is 4.74 Å². The predicted octanol–water partition coefficient (Wildman–Crippen LogP) is 4.69. The molecule has 0 bridgehead atoms. The van der Waals surface area contributed by atoms with Crippen LogP contribution in [-0.4, -0.2) is 31.6 Å². The minimum atomic E-state index is -0.668. The quantitative estimate of drug-likeness (QED) is 0.712. The summed E-state index contributed by atoms with van der Waals surface area (Å²) in [5.41, 5.74) is 3.44. The number of rotatable bonds is 7. The van der Waals surface area contributed by atoms with Gasteiger partial charge in [0, 0.05) is 25.0 Å². The molecule has 0 radical (unpaired) electrons. The fraction of sp³-hybridized carbons (Fsp3) is 0.391. The van der Waals surface area contributed by atoms with Gasteiger partial charge in [-0.15, -0.1) is 0 Å². The molecule has 1 atom stereocenters. The highest BCUT2D eigenvalue weighted by Crippen LogP contribution is 2.28. The zero-order valence-corrected chi connectivity index (χ0v) is 18.1. The van der Waals surface area contributed by atoms with E-state index in [2.05, 4.69) is 24.5 Å². The Labute approximate surface area is 173 Å². The number of hydrogen-bond donors (Lipinski definition) is 2. The number of anilines is 2. The van der Waals surface area contributed by atoms with Crippen LogP contribution in [0.1, 0.15) is 44.7 Å². The molecule has 6 nitrogen and oxygen atoms in total. The minimum absolute atomic E-state index is 0.201. The number of ether oxygens (including phenoxy) is 1. The average Bonchev–Trinajstić information content (AvgIpc) is 2.67. The SMILES string of the molecule is CCNC(=O)N(C)c1cccc(NC(=O)[C@@H](C)Oc2cc(C)ccc2C(C)C)c1. The highest BCUT2D eigenvalue weighted by molar-refractivity contribution is 5.96. The summed E-state index contributed by atoms with van der Waals surface area (Å²) in [4.78, 5) is 26.2. The number of benzene rings is 2. The van der Waals surface area contributed by atoms with Crippen molar-refractivity contribution in [2.45, 2.75) is 46.6 Å². The summed E-state index contributed by atoms with van der Waals surface area (Å²) < 4.78 is 5.98. The molecule has 0 unspecified atom stereocenters. The van der Waals surface area contributed by atoms with Crippen LogP contribution in [0.15, 0.2) is 42.5 Å². The monoisotopic (exact) mass is 397 g/mol. The Morgan fingerprint density at radius 2 is 1.83 bits per heavy atom. The molecule has 0 aliphatic heterocycles. The van der Waals surface area contributed by atoms with Crippen LogP contribution >= 0.6 is 0 Å². The highest BCUT2D eigenvalue weighted by Gasteiger charge is 2.18. The van der Waals surface area contributed by atoms with Gasteiger partial charge in [0.1, 0.15) is 5.75 Å². The second-order valence-corrected chi connectivity index (χ2v) is 7.39. The lowest BCUT2D eigenvalue weighted by atomic mass is 10.0. The van der Waals surface area contributed by atoms with Gasteiger partial charge in [-0.1, -0.05) is 32.0 Å². The van der Waals surface area contributed by atoms with Gasteiger partial charge in [0.05, 0.1) is 0 Å². The lowest BCUT2D eigenvalue weighted by molar-refractivity contribution is -0.122. The van der Waals surface area contributed by atoms with Gasteiger partial charge in [-0.2, -0.15) is 0 Å². The van der Waals surface area contributed by atoms with Crippen molar-refractivity contribution in [1.82, 2.24) is 5.32 Å². The number of aryl methyl sites for hydroxylation is 1. The lowest BCUT2D eigenvalue weighted by Gasteiger charge is -2.20. The summed E-state index contributed by atoms with van der Waals surface area (Å²) in [6.45, 7) is 10.3. The van der Waals surface area contributed by atoms with Crippen molar-refractivity contribution in [1.29, 1.82) is 0 Å². The van der Waals surface area contributed by atoms with Gasteiger partial charge in [-0.25, -0.2) is 4.79 Å². The summed E-state index contributed by atoms with van der Waals surface area (Å²) >= 11 is 0. The van der Waals surface area contributed by atoms with Gasteiger partial charge in [0.25, 0.3) is 5.91 Å². The molecule has 0 heterocycles. The first-order valence-electron chi connectivity index (χ1n) is 9.92. The Morgan fingerprint density at radius 1 is 1.10 bits per heavy atom. The van der Waals surface area contributed by atoms with Gasteiger partial charge in [0.15, 0.2) is 6.10 Å². The maximum Gasteiger partial charge on any atom is 0.321 e. The Bertz CT molecular complexity index is 864. The van der Waals surface area contributed by atoms with E-state index in [0.717, 1.165) is 16.9 Å². The molecule has 0 spiro atoms. The molecule has 2 N–H and O–H groups in total. The summed E-state index contributed by atoms with van der Waals surface area (Å²) in [6.07, 6.45) is -0.668. The van der Waals surface area contributed by atoms with Crippen molar-refractivity contribution in [2.24, 2.45) is 0 Å². The van der Waals surface area contributed by atoms with Gasteiger partial charge in [0.2, 0.25) is 0 Å². The fourth-order valence-corrected chi connectivity index (χ4v) is 2.89. The number of urea groups is 1. The van der Waals surface area contributed by atoms with Crippen LogP contribution in [0.25, 0.3) is 0 Å². The second kappa shape index (κ2) is 9.96. The van der Waals surface area contributed by atoms with Crippen molar-refractivity contribution in [3.63, 3.8) is 0 Å². The molecule has 2 aromatic rings. The Hall–Kier alpha value is -3.02. The van der Waals surface area contributed by atoms with E-state index in [1.54, 1.807) is 32.2 Å².